The Morgan fingerprint density at radius 3 is 2.94 bits per heavy atom. The first-order valence-corrected chi connectivity index (χ1v) is 6.22. The van der Waals surface area contributed by atoms with Crippen LogP contribution in [0.1, 0.15) is 43.8 Å². The largest absolute Gasteiger partial charge is 0.472 e. The second-order valence-corrected chi connectivity index (χ2v) is 4.73. The topological polar surface area (TPSA) is 62.5 Å². The van der Waals surface area contributed by atoms with E-state index in [0.717, 1.165) is 12.8 Å². The highest BCUT2D eigenvalue weighted by molar-refractivity contribution is 5.76. The first kappa shape index (κ1) is 12.2. The lowest BCUT2D eigenvalue weighted by Gasteiger charge is -2.12. The zero-order valence-electron chi connectivity index (χ0n) is 9.89. The van der Waals surface area contributed by atoms with Gasteiger partial charge in [-0.3, -0.25) is 4.79 Å². The van der Waals surface area contributed by atoms with Gasteiger partial charge in [0.25, 0.3) is 0 Å². The molecular weight excluding hydrogens is 218 g/mol. The van der Waals surface area contributed by atoms with E-state index in [1.807, 2.05) is 0 Å². The molecule has 4 nitrogen and oxygen atoms in total. The van der Waals surface area contributed by atoms with Crippen molar-refractivity contribution < 1.29 is 14.3 Å². The fourth-order valence-electron chi connectivity index (χ4n) is 2.34. The molecule has 2 N–H and O–H groups in total. The molecule has 0 aliphatic heterocycles. The molecule has 0 aromatic carbocycles. The number of amides is 1. The number of aliphatic hydroxyl groups is 1. The summed E-state index contributed by atoms with van der Waals surface area (Å²) in [6.45, 7) is 0.255. The lowest BCUT2D eigenvalue weighted by molar-refractivity contribution is -0.122. The van der Waals surface area contributed by atoms with Crippen molar-refractivity contribution in [2.75, 3.05) is 6.54 Å². The predicted octanol–water partition coefficient (Wildman–Crippen LogP) is 2.01. The van der Waals surface area contributed by atoms with E-state index in [1.165, 1.54) is 25.4 Å². The molecule has 1 aromatic rings. The Balaban J connectivity index is 1.68. The number of aliphatic hydroxyl groups excluding tert-OH is 1. The van der Waals surface area contributed by atoms with Crippen LogP contribution in [0, 0.1) is 5.92 Å². The molecule has 1 aromatic heterocycles. The maximum atomic E-state index is 11.6. The fourth-order valence-corrected chi connectivity index (χ4v) is 2.34. The Labute approximate surface area is 101 Å². The molecule has 94 valence electrons. The van der Waals surface area contributed by atoms with E-state index >= 15 is 0 Å². The molecule has 0 bridgehead atoms. The Kier molecular flexibility index (Phi) is 4.20. The number of furan rings is 1. The molecule has 0 spiro atoms. The summed E-state index contributed by atoms with van der Waals surface area (Å²) in [5, 5.41) is 12.5. The number of rotatable bonds is 5. The number of nitrogens with one attached hydrogen (secondary N) is 1. The van der Waals surface area contributed by atoms with Crippen LogP contribution >= 0.6 is 0 Å². The van der Waals surface area contributed by atoms with Crippen molar-refractivity contribution in [1.82, 2.24) is 5.32 Å². The number of carbonyl (C=O) groups is 1. The minimum absolute atomic E-state index is 0.0412. The molecule has 1 fully saturated rings. The van der Waals surface area contributed by atoms with Crippen molar-refractivity contribution in [3.63, 3.8) is 0 Å². The Hall–Kier alpha value is -1.29. The monoisotopic (exact) mass is 237 g/mol. The van der Waals surface area contributed by atoms with E-state index in [4.69, 9.17) is 4.42 Å². The van der Waals surface area contributed by atoms with Crippen molar-refractivity contribution in [3.05, 3.63) is 24.2 Å². The van der Waals surface area contributed by atoms with Crippen molar-refractivity contribution in [3.8, 4) is 0 Å². The molecule has 17 heavy (non-hydrogen) atoms. The highest BCUT2D eigenvalue weighted by Gasteiger charge is 2.19. The predicted molar refractivity (Wildman–Crippen MR) is 63.3 cm³/mol. The highest BCUT2D eigenvalue weighted by atomic mass is 16.3. The van der Waals surface area contributed by atoms with Gasteiger partial charge in [0, 0.05) is 18.5 Å². The lowest BCUT2D eigenvalue weighted by Crippen LogP contribution is -2.29. The maximum absolute atomic E-state index is 11.6. The van der Waals surface area contributed by atoms with Crippen LogP contribution in [-0.4, -0.2) is 17.6 Å². The minimum Gasteiger partial charge on any atom is -0.472 e. The van der Waals surface area contributed by atoms with Crippen LogP contribution in [0.25, 0.3) is 0 Å². The first-order valence-electron chi connectivity index (χ1n) is 6.22. The quantitative estimate of drug-likeness (QED) is 0.823. The van der Waals surface area contributed by atoms with Gasteiger partial charge in [0.05, 0.1) is 18.6 Å². The van der Waals surface area contributed by atoms with E-state index in [2.05, 4.69) is 5.32 Å². The Bertz CT molecular complexity index is 342. The summed E-state index contributed by atoms with van der Waals surface area (Å²) in [6.07, 6.45) is 7.74. The Morgan fingerprint density at radius 1 is 1.53 bits per heavy atom. The molecule has 1 atom stereocenters. The van der Waals surface area contributed by atoms with Gasteiger partial charge in [-0.2, -0.15) is 0 Å². The van der Waals surface area contributed by atoms with Crippen LogP contribution < -0.4 is 5.32 Å². The smallest absolute Gasteiger partial charge is 0.220 e. The summed E-state index contributed by atoms with van der Waals surface area (Å²) in [5.41, 5.74) is 0.700. The molecule has 1 amide bonds. The van der Waals surface area contributed by atoms with E-state index in [-0.39, 0.29) is 12.5 Å². The van der Waals surface area contributed by atoms with Crippen LogP contribution in [-0.2, 0) is 4.79 Å². The van der Waals surface area contributed by atoms with Crippen molar-refractivity contribution >= 4 is 5.91 Å². The van der Waals surface area contributed by atoms with E-state index in [9.17, 15) is 9.90 Å². The summed E-state index contributed by atoms with van der Waals surface area (Å²) in [7, 11) is 0. The van der Waals surface area contributed by atoms with Crippen LogP contribution in [0.15, 0.2) is 23.0 Å². The molecule has 1 aliphatic rings. The maximum Gasteiger partial charge on any atom is 0.220 e. The van der Waals surface area contributed by atoms with Crippen molar-refractivity contribution in [2.24, 2.45) is 5.92 Å². The van der Waals surface area contributed by atoms with Crippen LogP contribution in [0.2, 0.25) is 0 Å². The number of hydrogen-bond donors (Lipinski definition) is 2. The molecule has 1 aliphatic carbocycles. The third-order valence-electron chi connectivity index (χ3n) is 3.37. The van der Waals surface area contributed by atoms with Gasteiger partial charge in [-0.05, 0) is 24.8 Å². The van der Waals surface area contributed by atoms with Crippen LogP contribution in [0.4, 0.5) is 0 Å². The second-order valence-electron chi connectivity index (χ2n) is 4.73. The number of carbonyl (C=O) groups excluding carboxylic acids is 1. The lowest BCUT2D eigenvalue weighted by atomic mass is 10.0. The van der Waals surface area contributed by atoms with Crippen LogP contribution in [0.5, 0.6) is 0 Å². The van der Waals surface area contributed by atoms with E-state index in [0.29, 0.717) is 17.9 Å². The molecule has 4 heteroatoms. The zero-order valence-corrected chi connectivity index (χ0v) is 9.89. The fraction of sp³-hybridized carbons (Fsp3) is 0.615. The standard InChI is InChI=1S/C13H19NO3/c15-12(11-5-6-17-9-11)8-14-13(16)7-10-3-1-2-4-10/h5-6,9-10,12,15H,1-4,7-8H2,(H,14,16)/t12-/m0/s1. The summed E-state index contributed by atoms with van der Waals surface area (Å²) >= 11 is 0. The third-order valence-corrected chi connectivity index (χ3v) is 3.37. The molecule has 1 heterocycles. The normalized spacial score (nSPS) is 18.2. The molecule has 2 rings (SSSR count). The van der Waals surface area contributed by atoms with E-state index < -0.39 is 6.10 Å². The van der Waals surface area contributed by atoms with E-state index in [1.54, 1.807) is 6.07 Å². The zero-order chi connectivity index (χ0) is 12.1. The van der Waals surface area contributed by atoms with Gasteiger partial charge in [-0.1, -0.05) is 12.8 Å². The average Bonchev–Trinajstić information content (AvgIpc) is 2.97. The van der Waals surface area contributed by atoms with Crippen LogP contribution in [0.3, 0.4) is 0 Å². The summed E-state index contributed by atoms with van der Waals surface area (Å²) < 4.78 is 4.88. The molecule has 1 saturated carbocycles. The molecule has 0 saturated heterocycles. The SMILES string of the molecule is O=C(CC1CCCC1)NC[C@H](O)c1ccoc1. The van der Waals surface area contributed by atoms with Gasteiger partial charge in [0.2, 0.25) is 5.91 Å². The number of hydrogen-bond acceptors (Lipinski definition) is 3. The third kappa shape index (κ3) is 3.60. The highest BCUT2D eigenvalue weighted by Crippen LogP contribution is 2.27. The van der Waals surface area contributed by atoms with Gasteiger partial charge in [0.1, 0.15) is 0 Å². The molecule has 0 radical (unpaired) electrons. The van der Waals surface area contributed by atoms with Crippen molar-refractivity contribution in [1.29, 1.82) is 0 Å². The summed E-state index contributed by atoms with van der Waals surface area (Å²) in [6, 6.07) is 1.70. The van der Waals surface area contributed by atoms with Gasteiger partial charge < -0.3 is 14.8 Å². The van der Waals surface area contributed by atoms with Crippen molar-refractivity contribution in [2.45, 2.75) is 38.2 Å². The first-order chi connectivity index (χ1) is 8.25. The van der Waals surface area contributed by atoms with Gasteiger partial charge >= 0.3 is 0 Å². The average molecular weight is 237 g/mol. The molecular formula is C13H19NO3. The summed E-state index contributed by atoms with van der Waals surface area (Å²) in [5.74, 6) is 0.584. The van der Waals surface area contributed by atoms with Gasteiger partial charge in [-0.15, -0.1) is 0 Å². The second kappa shape index (κ2) is 5.87. The Morgan fingerprint density at radius 2 is 2.29 bits per heavy atom. The van der Waals surface area contributed by atoms with Gasteiger partial charge in [0.15, 0.2) is 0 Å². The van der Waals surface area contributed by atoms with Gasteiger partial charge in [-0.25, -0.2) is 0 Å². The molecule has 0 unspecified atom stereocenters. The summed E-state index contributed by atoms with van der Waals surface area (Å²) in [4.78, 5) is 11.6. The minimum atomic E-state index is -0.679.